The molecule has 0 heterocycles. The first-order chi connectivity index (χ1) is 11.8. The van der Waals surface area contributed by atoms with Crippen LogP contribution in [0.15, 0.2) is 0 Å². The van der Waals surface area contributed by atoms with Gasteiger partial charge in [-0.2, -0.15) is 0 Å². The molecule has 0 saturated carbocycles. The van der Waals surface area contributed by atoms with Crippen molar-refractivity contribution in [3.05, 3.63) is 0 Å². The van der Waals surface area contributed by atoms with Crippen LogP contribution in [0.1, 0.15) is 110 Å². The molecule has 2 nitrogen and oxygen atoms in total. The maximum Gasteiger partial charge on any atom is 0.303 e. The van der Waals surface area contributed by atoms with E-state index in [0.29, 0.717) is 6.42 Å². The van der Waals surface area contributed by atoms with Crippen LogP contribution in [-0.2, 0) is 4.79 Å². The fourth-order valence-electron chi connectivity index (χ4n) is 2.46. The van der Waals surface area contributed by atoms with E-state index in [1.165, 1.54) is 51.4 Å². The molecule has 0 aromatic rings. The first-order valence-corrected chi connectivity index (χ1v) is 9.90. The van der Waals surface area contributed by atoms with Gasteiger partial charge in [-0.15, -0.1) is 23.7 Å². The van der Waals surface area contributed by atoms with Gasteiger partial charge in [0.15, 0.2) is 0 Å². The number of unbranched alkanes of at least 4 members (excludes halogenated alkanes) is 12. The topological polar surface area (TPSA) is 37.3 Å². The Morgan fingerprint density at radius 2 is 1.04 bits per heavy atom. The normalized spacial score (nSPS) is 9.71. The average molecular weight is 333 g/mol. The monoisotopic (exact) mass is 332 g/mol. The van der Waals surface area contributed by atoms with Crippen molar-refractivity contribution in [3.63, 3.8) is 0 Å². The molecule has 1 N–H and O–H groups in total. The minimum absolute atomic E-state index is 0.319. The minimum Gasteiger partial charge on any atom is -0.481 e. The Bertz CT molecular complexity index is 403. The molecule has 0 radical (unpaired) electrons. The van der Waals surface area contributed by atoms with Crippen LogP contribution >= 0.6 is 0 Å². The zero-order valence-electron chi connectivity index (χ0n) is 15.7. The smallest absolute Gasteiger partial charge is 0.303 e. The summed E-state index contributed by atoms with van der Waals surface area (Å²) in [4.78, 5) is 10.4. The fourth-order valence-corrected chi connectivity index (χ4v) is 2.46. The number of hydrogen-bond donors (Lipinski definition) is 1. The molecular weight excluding hydrogens is 296 g/mol. The highest BCUT2D eigenvalue weighted by Crippen LogP contribution is 2.09. The molecule has 136 valence electrons. The Morgan fingerprint density at radius 1 is 0.625 bits per heavy atom. The number of carboxylic acid groups (broad SMARTS) is 1. The van der Waals surface area contributed by atoms with Gasteiger partial charge in [-0.3, -0.25) is 4.79 Å². The third-order valence-corrected chi connectivity index (χ3v) is 3.95. The number of hydrogen-bond acceptors (Lipinski definition) is 1. The van der Waals surface area contributed by atoms with E-state index in [-0.39, 0.29) is 0 Å². The number of carbonyl (C=O) groups is 1. The van der Waals surface area contributed by atoms with E-state index in [1.807, 2.05) is 0 Å². The molecule has 0 saturated heterocycles. The lowest BCUT2D eigenvalue weighted by atomic mass is 10.1. The van der Waals surface area contributed by atoms with Gasteiger partial charge in [0, 0.05) is 32.1 Å². The molecule has 0 fully saturated rings. The zero-order chi connectivity index (χ0) is 17.7. The predicted molar refractivity (Wildman–Crippen MR) is 103 cm³/mol. The Balaban J connectivity index is 3.21. The molecule has 2 heteroatoms. The zero-order valence-corrected chi connectivity index (χ0v) is 15.7. The van der Waals surface area contributed by atoms with Crippen LogP contribution in [0.5, 0.6) is 0 Å². The van der Waals surface area contributed by atoms with Gasteiger partial charge < -0.3 is 5.11 Å². The fraction of sp³-hybridized carbons (Fsp3) is 0.773. The van der Waals surface area contributed by atoms with E-state index in [0.717, 1.165) is 44.9 Å². The van der Waals surface area contributed by atoms with E-state index in [9.17, 15) is 4.79 Å². The molecule has 0 unspecified atom stereocenters. The number of rotatable bonds is 14. The molecule has 0 rings (SSSR count). The number of carboxylic acids is 1. The van der Waals surface area contributed by atoms with Crippen molar-refractivity contribution in [1.29, 1.82) is 0 Å². The number of aliphatic carboxylic acids is 1. The molecule has 0 amide bonds. The lowest BCUT2D eigenvalue weighted by molar-refractivity contribution is -0.137. The SMILES string of the molecule is CCCCCC#CCCCC#CCCCCCCCCCC(=O)O. The lowest BCUT2D eigenvalue weighted by Crippen LogP contribution is -1.93. The van der Waals surface area contributed by atoms with Crippen molar-refractivity contribution in [2.24, 2.45) is 0 Å². The summed E-state index contributed by atoms with van der Waals surface area (Å²) in [7, 11) is 0. The second kappa shape index (κ2) is 19.6. The van der Waals surface area contributed by atoms with Crippen LogP contribution in [0, 0.1) is 23.7 Å². The van der Waals surface area contributed by atoms with Crippen LogP contribution in [-0.4, -0.2) is 11.1 Å². The molecule has 0 aliphatic carbocycles. The first kappa shape index (κ1) is 22.6. The molecule has 24 heavy (non-hydrogen) atoms. The summed E-state index contributed by atoms with van der Waals surface area (Å²) in [5.74, 6) is 12.3. The van der Waals surface area contributed by atoms with Crippen LogP contribution in [0.25, 0.3) is 0 Å². The summed E-state index contributed by atoms with van der Waals surface area (Å²) < 4.78 is 0. The van der Waals surface area contributed by atoms with Gasteiger partial charge in [0.1, 0.15) is 0 Å². The van der Waals surface area contributed by atoms with Crippen molar-refractivity contribution in [3.8, 4) is 23.7 Å². The summed E-state index contributed by atoms with van der Waals surface area (Å²) >= 11 is 0. The van der Waals surface area contributed by atoms with Gasteiger partial charge in [-0.05, 0) is 25.7 Å². The molecule has 0 aliphatic rings. The summed E-state index contributed by atoms with van der Waals surface area (Å²) in [5.41, 5.74) is 0. The second-order valence-electron chi connectivity index (χ2n) is 6.39. The van der Waals surface area contributed by atoms with Crippen molar-refractivity contribution in [1.82, 2.24) is 0 Å². The van der Waals surface area contributed by atoms with Gasteiger partial charge in [-0.25, -0.2) is 0 Å². The average Bonchev–Trinajstić information content (AvgIpc) is 2.56. The van der Waals surface area contributed by atoms with Crippen molar-refractivity contribution < 1.29 is 9.90 Å². The minimum atomic E-state index is -0.674. The summed E-state index contributed by atoms with van der Waals surface area (Å²) in [5, 5.41) is 8.54. The van der Waals surface area contributed by atoms with Gasteiger partial charge >= 0.3 is 5.97 Å². The van der Waals surface area contributed by atoms with E-state index < -0.39 is 5.97 Å². The van der Waals surface area contributed by atoms with Crippen molar-refractivity contribution in [2.75, 3.05) is 0 Å². The highest BCUT2D eigenvalue weighted by atomic mass is 16.4. The molecule has 0 spiro atoms. The van der Waals surface area contributed by atoms with Crippen molar-refractivity contribution >= 4 is 5.97 Å². The first-order valence-electron chi connectivity index (χ1n) is 9.90. The van der Waals surface area contributed by atoms with Crippen LogP contribution in [0.2, 0.25) is 0 Å². The Morgan fingerprint density at radius 3 is 1.54 bits per heavy atom. The summed E-state index contributed by atoms with van der Waals surface area (Å²) in [6.45, 7) is 2.22. The Hall–Kier alpha value is -1.41. The maximum absolute atomic E-state index is 10.4. The molecule has 0 aromatic carbocycles. The largest absolute Gasteiger partial charge is 0.481 e. The second-order valence-corrected chi connectivity index (χ2v) is 6.39. The summed E-state index contributed by atoms with van der Waals surface area (Å²) in [6, 6.07) is 0. The van der Waals surface area contributed by atoms with E-state index >= 15 is 0 Å². The highest BCUT2D eigenvalue weighted by molar-refractivity contribution is 5.66. The van der Waals surface area contributed by atoms with Gasteiger partial charge in [0.05, 0.1) is 0 Å². The quantitative estimate of drug-likeness (QED) is 0.298. The van der Waals surface area contributed by atoms with E-state index in [1.54, 1.807) is 0 Å². The predicted octanol–water partition coefficient (Wildman–Crippen LogP) is 6.34. The lowest BCUT2D eigenvalue weighted by Gasteiger charge is -1.99. The highest BCUT2D eigenvalue weighted by Gasteiger charge is 1.96. The third-order valence-electron chi connectivity index (χ3n) is 3.95. The van der Waals surface area contributed by atoms with Crippen LogP contribution in [0.3, 0.4) is 0 Å². The standard InChI is InChI=1S/C22H36O2/c1-2-3-4-5-6-7-8-9-10-11-12-13-14-15-16-17-18-19-20-21-22(23)24/h2-5,8-10,13-21H2,1H3,(H,23,24). The van der Waals surface area contributed by atoms with Gasteiger partial charge in [0.25, 0.3) is 0 Å². The molecule has 0 bridgehead atoms. The Labute approximate surface area is 149 Å². The third kappa shape index (κ3) is 20.6. The van der Waals surface area contributed by atoms with Crippen LogP contribution < -0.4 is 0 Å². The molecule has 0 aromatic heterocycles. The van der Waals surface area contributed by atoms with Crippen molar-refractivity contribution in [2.45, 2.75) is 110 Å². The molecular formula is C22H36O2. The molecule has 0 atom stereocenters. The van der Waals surface area contributed by atoms with Gasteiger partial charge in [-0.1, -0.05) is 51.9 Å². The Kier molecular flexibility index (Phi) is 18.5. The van der Waals surface area contributed by atoms with E-state index in [4.69, 9.17) is 5.11 Å². The summed E-state index contributed by atoms with van der Waals surface area (Å²) in [6.07, 6.45) is 17.2. The van der Waals surface area contributed by atoms with Crippen LogP contribution in [0.4, 0.5) is 0 Å². The maximum atomic E-state index is 10.4. The van der Waals surface area contributed by atoms with Gasteiger partial charge in [0.2, 0.25) is 0 Å². The molecule has 0 aliphatic heterocycles. The van der Waals surface area contributed by atoms with E-state index in [2.05, 4.69) is 30.6 Å².